The summed E-state index contributed by atoms with van der Waals surface area (Å²) in [7, 11) is 0. The second kappa shape index (κ2) is 8.25. The minimum Gasteiger partial charge on any atom is -0.494 e. The molecule has 1 aliphatic rings. The lowest BCUT2D eigenvalue weighted by Gasteiger charge is -2.14. The minimum absolute atomic E-state index is 0.0397. The van der Waals surface area contributed by atoms with Gasteiger partial charge in [0, 0.05) is 18.7 Å². The highest BCUT2D eigenvalue weighted by atomic mass is 16.5. The van der Waals surface area contributed by atoms with Crippen molar-refractivity contribution < 1.29 is 19.1 Å². The fourth-order valence-electron chi connectivity index (χ4n) is 3.12. The van der Waals surface area contributed by atoms with E-state index < -0.39 is 0 Å². The van der Waals surface area contributed by atoms with Gasteiger partial charge in [-0.05, 0) is 56.2 Å². The summed E-state index contributed by atoms with van der Waals surface area (Å²) >= 11 is 0. The number of hydrogen-bond acceptors (Lipinski definition) is 4. The van der Waals surface area contributed by atoms with Crippen LogP contribution in [0, 0.1) is 13.8 Å². The molecular formula is C22H24N2O4. The zero-order valence-electron chi connectivity index (χ0n) is 16.4. The molecule has 0 aromatic heterocycles. The van der Waals surface area contributed by atoms with E-state index in [4.69, 9.17) is 4.74 Å². The number of hydrogen-bond donors (Lipinski definition) is 1. The van der Waals surface area contributed by atoms with Crippen LogP contribution in [0.4, 0.5) is 5.69 Å². The molecule has 146 valence electrons. The highest BCUT2D eigenvalue weighted by Gasteiger charge is 2.35. The number of nitrogens with zero attached hydrogens (tertiary/aromatic N) is 1. The molecule has 0 saturated heterocycles. The summed E-state index contributed by atoms with van der Waals surface area (Å²) in [6.07, 6.45) is 0.965. The maximum atomic E-state index is 12.5. The van der Waals surface area contributed by atoms with E-state index in [9.17, 15) is 14.4 Å². The molecule has 2 aromatic carbocycles. The minimum atomic E-state index is -0.346. The summed E-state index contributed by atoms with van der Waals surface area (Å²) < 4.78 is 5.58. The topological polar surface area (TPSA) is 75.7 Å². The van der Waals surface area contributed by atoms with Crippen LogP contribution in [0.3, 0.4) is 0 Å². The van der Waals surface area contributed by atoms with Crippen molar-refractivity contribution in [3.63, 3.8) is 0 Å². The van der Waals surface area contributed by atoms with Crippen molar-refractivity contribution in [2.24, 2.45) is 0 Å². The average Bonchev–Trinajstić information content (AvgIpc) is 2.90. The van der Waals surface area contributed by atoms with E-state index in [1.807, 2.05) is 32.9 Å². The molecule has 0 saturated carbocycles. The van der Waals surface area contributed by atoms with Crippen molar-refractivity contribution in [1.82, 2.24) is 4.90 Å². The third-order valence-corrected chi connectivity index (χ3v) is 4.63. The van der Waals surface area contributed by atoms with Crippen LogP contribution >= 0.6 is 0 Å². The number of carbonyl (C=O) groups excluding carboxylic acids is 3. The lowest BCUT2D eigenvalue weighted by molar-refractivity contribution is -0.116. The Morgan fingerprint density at radius 3 is 2.50 bits per heavy atom. The van der Waals surface area contributed by atoms with Crippen molar-refractivity contribution in [1.29, 1.82) is 0 Å². The van der Waals surface area contributed by atoms with Crippen LogP contribution < -0.4 is 10.1 Å². The molecule has 1 N–H and O–H groups in total. The van der Waals surface area contributed by atoms with Gasteiger partial charge in [-0.1, -0.05) is 18.6 Å². The summed E-state index contributed by atoms with van der Waals surface area (Å²) in [5, 5.41) is 2.83. The summed E-state index contributed by atoms with van der Waals surface area (Å²) in [6, 6.07) is 10.7. The van der Waals surface area contributed by atoms with Crippen molar-refractivity contribution in [3.05, 3.63) is 58.7 Å². The van der Waals surface area contributed by atoms with Gasteiger partial charge in [-0.25, -0.2) is 0 Å². The number of rotatable bonds is 7. The van der Waals surface area contributed by atoms with Crippen LogP contribution in [0.5, 0.6) is 5.75 Å². The van der Waals surface area contributed by atoms with Crippen molar-refractivity contribution in [2.45, 2.75) is 33.6 Å². The summed E-state index contributed by atoms with van der Waals surface area (Å²) in [5.74, 6) is -0.178. The Kier molecular flexibility index (Phi) is 5.78. The third-order valence-electron chi connectivity index (χ3n) is 4.63. The van der Waals surface area contributed by atoms with Crippen LogP contribution in [0.15, 0.2) is 36.4 Å². The van der Waals surface area contributed by atoms with Crippen LogP contribution in [0.25, 0.3) is 0 Å². The highest BCUT2D eigenvalue weighted by Crippen LogP contribution is 2.25. The van der Waals surface area contributed by atoms with E-state index in [0.717, 1.165) is 28.2 Å². The van der Waals surface area contributed by atoms with E-state index in [-0.39, 0.29) is 30.7 Å². The number of anilines is 1. The number of amides is 3. The molecule has 0 aliphatic carbocycles. The Bertz CT molecular complexity index is 936. The number of carbonyl (C=O) groups is 3. The summed E-state index contributed by atoms with van der Waals surface area (Å²) in [6.45, 7) is 6.49. The molecule has 0 radical (unpaired) electrons. The summed E-state index contributed by atoms with van der Waals surface area (Å²) in [5.41, 5.74) is 3.30. The molecule has 1 heterocycles. The zero-order chi connectivity index (χ0) is 20.3. The Morgan fingerprint density at radius 2 is 1.79 bits per heavy atom. The SMILES string of the molecule is CCCOc1ccc(NC(=O)CCN2C(=O)c3ccc(C)cc3C2=O)c(C)c1. The Balaban J connectivity index is 1.59. The molecule has 0 atom stereocenters. The Morgan fingerprint density at radius 1 is 1.04 bits per heavy atom. The number of benzene rings is 2. The smallest absolute Gasteiger partial charge is 0.261 e. The predicted octanol–water partition coefficient (Wildman–Crippen LogP) is 3.72. The standard InChI is InChI=1S/C22H24N2O4/c1-4-11-28-16-6-8-19(15(3)13-16)23-20(25)9-10-24-21(26)17-7-5-14(2)12-18(17)22(24)27/h5-8,12-13H,4,9-11H2,1-3H3,(H,23,25). The van der Waals surface area contributed by atoms with Crippen LogP contribution in [0.1, 0.15) is 51.6 Å². The van der Waals surface area contributed by atoms with Crippen molar-refractivity contribution in [2.75, 3.05) is 18.5 Å². The number of nitrogens with one attached hydrogen (secondary N) is 1. The fourth-order valence-corrected chi connectivity index (χ4v) is 3.12. The second-order valence-corrected chi connectivity index (χ2v) is 6.93. The quantitative estimate of drug-likeness (QED) is 0.743. The van der Waals surface area contributed by atoms with E-state index in [2.05, 4.69) is 5.32 Å². The Hall–Kier alpha value is -3.15. The second-order valence-electron chi connectivity index (χ2n) is 6.93. The Labute approximate surface area is 164 Å². The van der Waals surface area contributed by atoms with Gasteiger partial charge in [0.2, 0.25) is 5.91 Å². The predicted molar refractivity (Wildman–Crippen MR) is 107 cm³/mol. The molecule has 0 bridgehead atoms. The van der Waals surface area contributed by atoms with Gasteiger partial charge in [-0.2, -0.15) is 0 Å². The monoisotopic (exact) mass is 380 g/mol. The van der Waals surface area contributed by atoms with Crippen LogP contribution in [-0.4, -0.2) is 35.8 Å². The maximum Gasteiger partial charge on any atom is 0.261 e. The average molecular weight is 380 g/mol. The van der Waals surface area contributed by atoms with E-state index in [1.165, 1.54) is 0 Å². The van der Waals surface area contributed by atoms with Crippen molar-refractivity contribution in [3.8, 4) is 5.75 Å². The van der Waals surface area contributed by atoms with Gasteiger partial charge in [0.05, 0.1) is 17.7 Å². The lowest BCUT2D eigenvalue weighted by Crippen LogP contribution is -2.32. The van der Waals surface area contributed by atoms with Gasteiger partial charge in [0.1, 0.15) is 5.75 Å². The first-order valence-electron chi connectivity index (χ1n) is 9.41. The first-order valence-corrected chi connectivity index (χ1v) is 9.41. The zero-order valence-corrected chi connectivity index (χ0v) is 16.4. The first-order chi connectivity index (χ1) is 13.4. The lowest BCUT2D eigenvalue weighted by atomic mass is 10.1. The van der Waals surface area contributed by atoms with E-state index in [0.29, 0.717) is 23.4 Å². The molecule has 0 fully saturated rings. The van der Waals surface area contributed by atoms with Gasteiger partial charge < -0.3 is 10.1 Å². The normalized spacial score (nSPS) is 12.9. The van der Waals surface area contributed by atoms with Gasteiger partial charge in [0.15, 0.2) is 0 Å². The molecular weight excluding hydrogens is 356 g/mol. The molecule has 3 rings (SSSR count). The summed E-state index contributed by atoms with van der Waals surface area (Å²) in [4.78, 5) is 38.4. The largest absolute Gasteiger partial charge is 0.494 e. The molecule has 2 aromatic rings. The number of aryl methyl sites for hydroxylation is 2. The van der Waals surface area contributed by atoms with Gasteiger partial charge in [-0.15, -0.1) is 0 Å². The highest BCUT2D eigenvalue weighted by molar-refractivity contribution is 6.21. The number of fused-ring (bicyclic) bond motifs is 1. The van der Waals surface area contributed by atoms with Gasteiger partial charge in [-0.3, -0.25) is 19.3 Å². The van der Waals surface area contributed by atoms with E-state index >= 15 is 0 Å². The molecule has 3 amide bonds. The maximum absolute atomic E-state index is 12.5. The molecule has 28 heavy (non-hydrogen) atoms. The number of ether oxygens (including phenoxy) is 1. The fraction of sp³-hybridized carbons (Fsp3) is 0.318. The molecule has 1 aliphatic heterocycles. The van der Waals surface area contributed by atoms with Crippen molar-refractivity contribution >= 4 is 23.4 Å². The van der Waals surface area contributed by atoms with Gasteiger partial charge in [0.25, 0.3) is 11.8 Å². The molecule has 6 nitrogen and oxygen atoms in total. The molecule has 0 spiro atoms. The van der Waals surface area contributed by atoms with Gasteiger partial charge >= 0.3 is 0 Å². The third kappa shape index (κ3) is 4.06. The number of imide groups is 1. The van der Waals surface area contributed by atoms with E-state index in [1.54, 1.807) is 24.3 Å². The first kappa shape index (κ1) is 19.6. The molecule has 0 unspecified atom stereocenters. The van der Waals surface area contributed by atoms with Crippen LogP contribution in [-0.2, 0) is 4.79 Å². The van der Waals surface area contributed by atoms with Crippen LogP contribution in [0.2, 0.25) is 0 Å². The molecule has 6 heteroatoms.